The molecule has 0 spiro atoms. The molecule has 2 aliphatic heterocycles. The number of fused-ring (bicyclic) bond motifs is 3. The van der Waals surface area contributed by atoms with Gasteiger partial charge in [0.25, 0.3) is 0 Å². The number of nitrogens with zero attached hydrogens (tertiary/aromatic N) is 3. The number of amides is 1. The topological polar surface area (TPSA) is 64.1 Å². The number of aromatic nitrogens is 1. The molecular formula is C24H37N3O4. The van der Waals surface area contributed by atoms with Gasteiger partial charge in [0.1, 0.15) is 17.5 Å². The van der Waals surface area contributed by atoms with E-state index in [2.05, 4.69) is 17.9 Å². The third-order valence-electron chi connectivity index (χ3n) is 6.36. The lowest BCUT2D eigenvalue weighted by molar-refractivity contribution is 0.0191. The average Bonchev–Trinajstić information content (AvgIpc) is 3.45. The Hall–Kier alpha value is -1.86. The van der Waals surface area contributed by atoms with Crippen molar-refractivity contribution in [2.75, 3.05) is 31.7 Å². The van der Waals surface area contributed by atoms with Crippen LogP contribution in [0.1, 0.15) is 70.4 Å². The maximum atomic E-state index is 12.7. The van der Waals surface area contributed by atoms with Gasteiger partial charge < -0.3 is 24.0 Å². The van der Waals surface area contributed by atoms with Crippen molar-refractivity contribution >= 4 is 11.9 Å². The van der Waals surface area contributed by atoms with Gasteiger partial charge >= 0.3 is 6.09 Å². The summed E-state index contributed by atoms with van der Waals surface area (Å²) in [4.78, 5) is 22.1. The smallest absolute Gasteiger partial charge is 0.410 e. The van der Waals surface area contributed by atoms with Crippen LogP contribution < -0.4 is 4.90 Å². The zero-order chi connectivity index (χ0) is 22.3. The van der Waals surface area contributed by atoms with E-state index in [0.29, 0.717) is 32.2 Å². The lowest BCUT2D eigenvalue weighted by atomic mass is 10.0. The predicted molar refractivity (Wildman–Crippen MR) is 119 cm³/mol. The van der Waals surface area contributed by atoms with Gasteiger partial charge in [-0.3, -0.25) is 0 Å². The first-order valence-corrected chi connectivity index (χ1v) is 11.6. The van der Waals surface area contributed by atoms with Gasteiger partial charge in [-0.25, -0.2) is 9.78 Å². The Bertz CT molecular complexity index is 818. The number of hydrogen-bond acceptors (Lipinski definition) is 6. The maximum absolute atomic E-state index is 12.7. The molecule has 3 aliphatic rings. The van der Waals surface area contributed by atoms with E-state index in [1.54, 1.807) is 7.11 Å². The monoisotopic (exact) mass is 431 g/mol. The number of hydrogen-bond donors (Lipinski definition) is 0. The van der Waals surface area contributed by atoms with Crippen LogP contribution in [-0.4, -0.2) is 60.5 Å². The van der Waals surface area contributed by atoms with E-state index in [9.17, 15) is 4.79 Å². The molecule has 1 unspecified atom stereocenters. The van der Waals surface area contributed by atoms with E-state index in [4.69, 9.17) is 19.2 Å². The molecule has 7 heteroatoms. The number of ether oxygens (including phenoxy) is 3. The van der Waals surface area contributed by atoms with E-state index in [0.717, 1.165) is 23.5 Å². The second-order valence-electron chi connectivity index (χ2n) is 10.1. The highest BCUT2D eigenvalue weighted by molar-refractivity contribution is 5.69. The molecule has 1 saturated heterocycles. The minimum atomic E-state index is -0.487. The molecule has 172 valence electrons. The third-order valence-corrected chi connectivity index (χ3v) is 6.36. The van der Waals surface area contributed by atoms with E-state index >= 15 is 0 Å². The zero-order valence-electron chi connectivity index (χ0n) is 19.8. The quantitative estimate of drug-likeness (QED) is 0.676. The summed E-state index contributed by atoms with van der Waals surface area (Å²) < 4.78 is 17.3. The zero-order valence-corrected chi connectivity index (χ0v) is 19.8. The fraction of sp³-hybridized carbons (Fsp3) is 0.750. The standard InChI is InChI=1S/C24H37N3O4/c1-7-30-14-18-10-17-11-19-13-26(23(28)31-24(3,4)5)12-15(2)27(19)22(17)25-20(18)21(29-6)16-8-9-16/h10,15-16,19,21H,7-9,11-14H2,1-6H3/t15-,19-,21?/m1/s1. The van der Waals surface area contributed by atoms with Gasteiger partial charge in [0, 0.05) is 38.4 Å². The Kier molecular flexibility index (Phi) is 6.19. The first kappa shape index (κ1) is 22.3. The Balaban J connectivity index is 1.60. The summed E-state index contributed by atoms with van der Waals surface area (Å²) in [7, 11) is 1.79. The van der Waals surface area contributed by atoms with Crippen molar-refractivity contribution in [3.63, 3.8) is 0 Å². The van der Waals surface area contributed by atoms with Crippen LogP contribution in [0.15, 0.2) is 6.07 Å². The molecule has 0 N–H and O–H groups in total. The van der Waals surface area contributed by atoms with Crippen molar-refractivity contribution < 1.29 is 19.0 Å². The van der Waals surface area contributed by atoms with Crippen LogP contribution >= 0.6 is 0 Å². The van der Waals surface area contributed by atoms with Crippen LogP contribution in [0.3, 0.4) is 0 Å². The molecule has 1 amide bonds. The van der Waals surface area contributed by atoms with Crippen LogP contribution in [0.5, 0.6) is 0 Å². The van der Waals surface area contributed by atoms with Gasteiger partial charge in [0.2, 0.25) is 0 Å². The van der Waals surface area contributed by atoms with Gasteiger partial charge in [-0.1, -0.05) is 0 Å². The lowest BCUT2D eigenvalue weighted by Crippen LogP contribution is -2.58. The molecule has 7 nitrogen and oxygen atoms in total. The number of methoxy groups -OCH3 is 1. The summed E-state index contributed by atoms with van der Waals surface area (Å²) in [6, 6.07) is 2.66. The molecule has 0 aromatic carbocycles. The summed E-state index contributed by atoms with van der Waals surface area (Å²) in [5.41, 5.74) is 2.92. The van der Waals surface area contributed by atoms with Gasteiger partial charge in [-0.05, 0) is 71.4 Å². The van der Waals surface area contributed by atoms with Crippen molar-refractivity contribution in [3.05, 3.63) is 22.9 Å². The molecule has 3 heterocycles. The molecule has 0 bridgehead atoms. The van der Waals surface area contributed by atoms with E-state index in [1.165, 1.54) is 18.4 Å². The van der Waals surface area contributed by atoms with Gasteiger partial charge in [0.15, 0.2) is 0 Å². The highest BCUT2D eigenvalue weighted by Gasteiger charge is 2.43. The largest absolute Gasteiger partial charge is 0.444 e. The Labute approximate surface area is 186 Å². The second kappa shape index (κ2) is 8.58. The number of pyridine rings is 1. The van der Waals surface area contributed by atoms with Crippen molar-refractivity contribution in [2.24, 2.45) is 5.92 Å². The Morgan fingerprint density at radius 1 is 1.29 bits per heavy atom. The molecule has 1 aliphatic carbocycles. The summed E-state index contributed by atoms with van der Waals surface area (Å²) in [6.45, 7) is 12.4. The molecule has 1 saturated carbocycles. The van der Waals surface area contributed by atoms with E-state index in [-0.39, 0.29) is 24.3 Å². The van der Waals surface area contributed by atoms with Crippen LogP contribution in [0.2, 0.25) is 0 Å². The number of anilines is 1. The highest BCUT2D eigenvalue weighted by Crippen LogP contribution is 2.45. The maximum Gasteiger partial charge on any atom is 0.410 e. The van der Waals surface area contributed by atoms with E-state index in [1.807, 2.05) is 32.6 Å². The molecule has 2 fully saturated rings. The fourth-order valence-electron chi connectivity index (χ4n) is 4.94. The fourth-order valence-corrected chi connectivity index (χ4v) is 4.94. The van der Waals surface area contributed by atoms with Crippen LogP contribution in [0.25, 0.3) is 0 Å². The molecule has 3 atom stereocenters. The van der Waals surface area contributed by atoms with Crippen molar-refractivity contribution in [3.8, 4) is 0 Å². The number of carbonyl (C=O) groups excluding carboxylic acids is 1. The minimum absolute atomic E-state index is 0.0261. The van der Waals surface area contributed by atoms with Crippen molar-refractivity contribution in [1.82, 2.24) is 9.88 Å². The normalized spacial score (nSPS) is 24.1. The number of piperazine rings is 1. The Morgan fingerprint density at radius 3 is 2.65 bits per heavy atom. The molecular weight excluding hydrogens is 394 g/mol. The van der Waals surface area contributed by atoms with Crippen LogP contribution in [-0.2, 0) is 27.2 Å². The molecule has 4 rings (SSSR count). The number of carbonyl (C=O) groups is 1. The van der Waals surface area contributed by atoms with Crippen molar-refractivity contribution in [2.45, 2.75) is 84.3 Å². The SMILES string of the molecule is CCOCc1cc2c(nc1C(OC)C1CC1)N1[C@H](C2)CN(C(=O)OC(C)(C)C)C[C@H]1C. The summed E-state index contributed by atoms with van der Waals surface area (Å²) >= 11 is 0. The van der Waals surface area contributed by atoms with E-state index < -0.39 is 5.60 Å². The first-order chi connectivity index (χ1) is 14.7. The Morgan fingerprint density at radius 2 is 2.03 bits per heavy atom. The van der Waals surface area contributed by atoms with Crippen LogP contribution in [0.4, 0.5) is 10.6 Å². The van der Waals surface area contributed by atoms with Gasteiger partial charge in [0.05, 0.1) is 18.3 Å². The second-order valence-corrected chi connectivity index (χ2v) is 10.1. The molecule has 0 radical (unpaired) electrons. The molecule has 1 aromatic rings. The van der Waals surface area contributed by atoms with Gasteiger partial charge in [-0.2, -0.15) is 0 Å². The van der Waals surface area contributed by atoms with Gasteiger partial charge in [-0.15, -0.1) is 0 Å². The average molecular weight is 432 g/mol. The predicted octanol–water partition coefficient (Wildman–Crippen LogP) is 4.09. The molecule has 1 aromatic heterocycles. The summed E-state index contributed by atoms with van der Waals surface area (Å²) in [5.74, 6) is 1.61. The lowest BCUT2D eigenvalue weighted by Gasteiger charge is -2.43. The summed E-state index contributed by atoms with van der Waals surface area (Å²) in [6.07, 6.45) is 3.07. The minimum Gasteiger partial charge on any atom is -0.444 e. The first-order valence-electron chi connectivity index (χ1n) is 11.6. The molecule has 31 heavy (non-hydrogen) atoms. The summed E-state index contributed by atoms with van der Waals surface area (Å²) in [5, 5.41) is 0. The highest BCUT2D eigenvalue weighted by atomic mass is 16.6. The number of rotatable bonds is 6. The third kappa shape index (κ3) is 4.67. The van der Waals surface area contributed by atoms with Crippen LogP contribution in [0, 0.1) is 5.92 Å². The van der Waals surface area contributed by atoms with Crippen molar-refractivity contribution in [1.29, 1.82) is 0 Å².